The normalized spacial score (nSPS) is 26.4. The van der Waals surface area contributed by atoms with Crippen LogP contribution in [0.25, 0.3) is 0 Å². The van der Waals surface area contributed by atoms with Crippen molar-refractivity contribution in [3.8, 4) is 11.5 Å². The molecule has 0 radical (unpaired) electrons. The molecule has 5 heteroatoms. The Balaban J connectivity index is 1.45. The number of carbonyl (C=O) groups is 1. The van der Waals surface area contributed by atoms with Gasteiger partial charge in [-0.3, -0.25) is 0 Å². The number of hydrogen-bond acceptors (Lipinski definition) is 5. The fourth-order valence-corrected chi connectivity index (χ4v) is 4.93. The van der Waals surface area contributed by atoms with Crippen molar-refractivity contribution in [2.75, 3.05) is 25.6 Å². The second-order valence-corrected chi connectivity index (χ2v) is 8.22. The Morgan fingerprint density at radius 2 is 2.14 bits per heavy atom. The lowest BCUT2D eigenvalue weighted by atomic mass is 9.67. The fraction of sp³-hybridized carbons (Fsp3) is 0.375. The molecule has 0 aromatic heterocycles. The molecule has 0 N–H and O–H groups in total. The molecule has 0 fully saturated rings. The highest BCUT2D eigenvalue weighted by molar-refractivity contribution is 5.89. The van der Waals surface area contributed by atoms with Crippen LogP contribution in [0.2, 0.25) is 0 Å². The van der Waals surface area contributed by atoms with Crippen LogP contribution >= 0.6 is 0 Å². The highest BCUT2D eigenvalue weighted by Crippen LogP contribution is 2.58. The third-order valence-corrected chi connectivity index (χ3v) is 6.46. The minimum absolute atomic E-state index is 0.0680. The summed E-state index contributed by atoms with van der Waals surface area (Å²) in [5.74, 6) is 1.29. The van der Waals surface area contributed by atoms with E-state index in [-0.39, 0.29) is 23.6 Å². The number of methoxy groups -OCH3 is 1. The molecule has 2 heterocycles. The van der Waals surface area contributed by atoms with Gasteiger partial charge in [0, 0.05) is 31.3 Å². The molecule has 2 aromatic carbocycles. The van der Waals surface area contributed by atoms with Gasteiger partial charge in [0.05, 0.1) is 18.1 Å². The molecule has 1 unspecified atom stereocenters. The van der Waals surface area contributed by atoms with Crippen molar-refractivity contribution >= 4 is 11.7 Å². The van der Waals surface area contributed by atoms with Gasteiger partial charge in [-0.15, -0.1) is 0 Å². The number of rotatable bonds is 3. The molecule has 150 valence electrons. The van der Waals surface area contributed by atoms with Gasteiger partial charge in [0.2, 0.25) is 0 Å². The van der Waals surface area contributed by atoms with E-state index >= 15 is 0 Å². The second kappa shape index (κ2) is 6.55. The molecule has 3 atom stereocenters. The molecule has 5 rings (SSSR count). The van der Waals surface area contributed by atoms with E-state index in [0.29, 0.717) is 12.0 Å². The van der Waals surface area contributed by atoms with Gasteiger partial charge in [-0.2, -0.15) is 0 Å². The van der Waals surface area contributed by atoms with Gasteiger partial charge >= 0.3 is 5.97 Å². The average Bonchev–Trinajstić information content (AvgIpc) is 3.06. The van der Waals surface area contributed by atoms with Gasteiger partial charge in [0.15, 0.2) is 11.5 Å². The van der Waals surface area contributed by atoms with Crippen LogP contribution in [0.5, 0.6) is 11.5 Å². The standard InChI is InChI=1S/C24H25NO4/c1-15-5-4-6-16(13-15)23(26)28-17-9-10-24-11-12-25(2)18-7-8-19(27-3)22(21(18)24)29-20(24)14-17/h4-10,13,17,20H,11-12,14H2,1-3H3/t17-,20?,24-/m0/s1. The third kappa shape index (κ3) is 2.71. The number of aryl methyl sites for hydroxylation is 1. The van der Waals surface area contributed by atoms with Crippen LogP contribution in [0.15, 0.2) is 48.6 Å². The zero-order valence-electron chi connectivity index (χ0n) is 17.0. The van der Waals surface area contributed by atoms with E-state index in [1.807, 2.05) is 37.3 Å². The van der Waals surface area contributed by atoms with Crippen LogP contribution in [-0.4, -0.2) is 38.9 Å². The van der Waals surface area contributed by atoms with Gasteiger partial charge in [-0.05, 0) is 43.7 Å². The van der Waals surface area contributed by atoms with Gasteiger partial charge < -0.3 is 19.1 Å². The predicted octanol–water partition coefficient (Wildman–Crippen LogP) is 4.03. The Hall–Kier alpha value is -2.95. The monoisotopic (exact) mass is 391 g/mol. The van der Waals surface area contributed by atoms with Crippen LogP contribution in [0.3, 0.4) is 0 Å². The van der Waals surface area contributed by atoms with E-state index < -0.39 is 0 Å². The minimum Gasteiger partial charge on any atom is -0.493 e. The Kier molecular flexibility index (Phi) is 4.09. The summed E-state index contributed by atoms with van der Waals surface area (Å²) in [4.78, 5) is 14.9. The quantitative estimate of drug-likeness (QED) is 0.584. The van der Waals surface area contributed by atoms with E-state index in [0.717, 1.165) is 30.0 Å². The summed E-state index contributed by atoms with van der Waals surface area (Å²) < 4.78 is 17.8. The van der Waals surface area contributed by atoms with Crippen molar-refractivity contribution in [2.24, 2.45) is 0 Å². The van der Waals surface area contributed by atoms with Gasteiger partial charge in [0.25, 0.3) is 0 Å². The molecule has 1 aliphatic carbocycles. The number of benzene rings is 2. The maximum atomic E-state index is 12.6. The van der Waals surface area contributed by atoms with Crippen molar-refractivity contribution in [2.45, 2.75) is 37.4 Å². The zero-order chi connectivity index (χ0) is 20.2. The van der Waals surface area contributed by atoms with Crippen molar-refractivity contribution < 1.29 is 19.0 Å². The van der Waals surface area contributed by atoms with Crippen LogP contribution in [0.4, 0.5) is 5.69 Å². The van der Waals surface area contributed by atoms with Gasteiger partial charge in [-0.1, -0.05) is 23.8 Å². The molecule has 5 nitrogen and oxygen atoms in total. The number of esters is 1. The van der Waals surface area contributed by atoms with Crippen molar-refractivity contribution in [3.05, 3.63) is 65.2 Å². The maximum absolute atomic E-state index is 12.6. The predicted molar refractivity (Wildman–Crippen MR) is 111 cm³/mol. The summed E-state index contributed by atoms with van der Waals surface area (Å²) in [5.41, 5.74) is 3.83. The SMILES string of the molecule is COc1ccc2c3c1OC1C[C@@H](OC(=O)c4cccc(C)c4)C=C[C@@]31CCN2C. The highest BCUT2D eigenvalue weighted by Gasteiger charge is 2.54. The topological polar surface area (TPSA) is 48.0 Å². The molecular formula is C24H25NO4. The average molecular weight is 391 g/mol. The fourth-order valence-electron chi connectivity index (χ4n) is 4.93. The molecule has 3 aliphatic rings. The first-order chi connectivity index (χ1) is 14.0. The van der Waals surface area contributed by atoms with Crippen LogP contribution in [0, 0.1) is 6.92 Å². The van der Waals surface area contributed by atoms with E-state index in [1.54, 1.807) is 13.2 Å². The van der Waals surface area contributed by atoms with Crippen LogP contribution in [-0.2, 0) is 10.2 Å². The minimum atomic E-state index is -0.304. The first kappa shape index (κ1) is 18.1. The summed E-state index contributed by atoms with van der Waals surface area (Å²) in [5, 5.41) is 0. The van der Waals surface area contributed by atoms with E-state index in [9.17, 15) is 4.79 Å². The zero-order valence-corrected chi connectivity index (χ0v) is 17.0. The molecule has 0 amide bonds. The number of nitrogens with zero attached hydrogens (tertiary/aromatic N) is 1. The molecule has 29 heavy (non-hydrogen) atoms. The maximum Gasteiger partial charge on any atom is 0.338 e. The molecule has 1 spiro atoms. The molecule has 0 saturated heterocycles. The summed E-state index contributed by atoms with van der Waals surface area (Å²) >= 11 is 0. The summed E-state index contributed by atoms with van der Waals surface area (Å²) in [7, 11) is 3.78. The van der Waals surface area contributed by atoms with E-state index in [4.69, 9.17) is 14.2 Å². The number of carbonyl (C=O) groups excluding carboxylic acids is 1. The lowest BCUT2D eigenvalue weighted by Crippen LogP contribution is -2.47. The second-order valence-electron chi connectivity index (χ2n) is 8.22. The lowest BCUT2D eigenvalue weighted by molar-refractivity contribution is 0.0221. The Morgan fingerprint density at radius 1 is 1.28 bits per heavy atom. The summed E-state index contributed by atoms with van der Waals surface area (Å²) in [6, 6.07) is 11.6. The van der Waals surface area contributed by atoms with Gasteiger partial charge in [-0.25, -0.2) is 4.79 Å². The van der Waals surface area contributed by atoms with Crippen molar-refractivity contribution in [3.63, 3.8) is 0 Å². The highest BCUT2D eigenvalue weighted by atomic mass is 16.6. The van der Waals surface area contributed by atoms with Crippen LogP contribution in [0.1, 0.15) is 34.3 Å². The lowest BCUT2D eigenvalue weighted by Gasteiger charge is -2.42. The molecule has 0 saturated carbocycles. The van der Waals surface area contributed by atoms with Crippen molar-refractivity contribution in [1.29, 1.82) is 0 Å². The Bertz CT molecular complexity index is 1010. The number of hydrogen-bond donors (Lipinski definition) is 0. The summed E-state index contributed by atoms with van der Waals surface area (Å²) in [6.07, 6.45) is 5.48. The Labute approximate surface area is 170 Å². The number of anilines is 1. The van der Waals surface area contributed by atoms with Crippen LogP contribution < -0.4 is 14.4 Å². The molecule has 0 bridgehead atoms. The first-order valence-corrected chi connectivity index (χ1v) is 10.1. The number of ether oxygens (including phenoxy) is 3. The van der Waals surface area contributed by atoms with Gasteiger partial charge in [0.1, 0.15) is 12.2 Å². The van der Waals surface area contributed by atoms with E-state index in [2.05, 4.69) is 24.1 Å². The van der Waals surface area contributed by atoms with E-state index in [1.165, 1.54) is 11.3 Å². The Morgan fingerprint density at radius 3 is 2.93 bits per heavy atom. The third-order valence-electron chi connectivity index (χ3n) is 6.46. The molecule has 2 aromatic rings. The largest absolute Gasteiger partial charge is 0.493 e. The smallest absolute Gasteiger partial charge is 0.338 e. The molecule has 2 aliphatic heterocycles. The molecular weight excluding hydrogens is 366 g/mol. The van der Waals surface area contributed by atoms with Crippen molar-refractivity contribution in [1.82, 2.24) is 0 Å². The summed E-state index contributed by atoms with van der Waals surface area (Å²) in [6.45, 7) is 2.92. The first-order valence-electron chi connectivity index (χ1n) is 10.1.